The molecule has 0 spiro atoms. The molecule has 1 aliphatic rings. The normalized spacial score (nSPS) is 20.4. The van der Waals surface area contributed by atoms with Gasteiger partial charge < -0.3 is 5.32 Å². The summed E-state index contributed by atoms with van der Waals surface area (Å²) in [5.74, 6) is -1.17. The lowest BCUT2D eigenvalue weighted by Crippen LogP contribution is -2.36. The van der Waals surface area contributed by atoms with Gasteiger partial charge in [0.1, 0.15) is 5.92 Å². The molecule has 2 aromatic carbocycles. The minimum absolute atomic E-state index is 0.231. The summed E-state index contributed by atoms with van der Waals surface area (Å²) in [7, 11) is 0. The molecule has 1 heterocycles. The van der Waals surface area contributed by atoms with Crippen molar-refractivity contribution in [3.8, 4) is 6.07 Å². The van der Waals surface area contributed by atoms with E-state index < -0.39 is 5.92 Å². The van der Waals surface area contributed by atoms with Gasteiger partial charge in [-0.1, -0.05) is 65.7 Å². The fourth-order valence-corrected chi connectivity index (χ4v) is 2.81. The predicted molar refractivity (Wildman–Crippen MR) is 90.3 cm³/mol. The molecule has 0 aromatic heterocycles. The van der Waals surface area contributed by atoms with Gasteiger partial charge in [-0.15, -0.1) is 0 Å². The van der Waals surface area contributed by atoms with E-state index in [-0.39, 0.29) is 11.8 Å². The van der Waals surface area contributed by atoms with Crippen molar-refractivity contribution in [1.29, 1.82) is 5.26 Å². The number of carbonyl (C=O) groups is 1. The Labute approximate surface area is 136 Å². The van der Waals surface area contributed by atoms with Crippen LogP contribution in [-0.2, 0) is 4.79 Å². The first-order valence-electron chi connectivity index (χ1n) is 7.64. The Balaban J connectivity index is 2.04. The summed E-state index contributed by atoms with van der Waals surface area (Å²) in [6, 6.07) is 18.1. The smallest absolute Gasteiger partial charge is 0.242 e. The van der Waals surface area contributed by atoms with E-state index in [0.717, 1.165) is 22.4 Å². The van der Waals surface area contributed by atoms with Crippen molar-refractivity contribution in [2.75, 3.05) is 0 Å². The zero-order chi connectivity index (χ0) is 16.4. The summed E-state index contributed by atoms with van der Waals surface area (Å²) >= 11 is 0. The number of allylic oxidation sites excluding steroid dienone is 1. The average Bonchev–Trinajstić information content (AvgIpc) is 2.55. The fraction of sp³-hybridized carbons (Fsp3) is 0.200. The predicted octanol–water partition coefficient (Wildman–Crippen LogP) is 3.70. The van der Waals surface area contributed by atoms with Crippen molar-refractivity contribution in [2.24, 2.45) is 5.92 Å². The Morgan fingerprint density at radius 3 is 2.09 bits per heavy atom. The molecule has 3 heteroatoms. The Morgan fingerprint density at radius 1 is 0.957 bits per heavy atom. The van der Waals surface area contributed by atoms with Crippen LogP contribution < -0.4 is 5.32 Å². The first-order valence-corrected chi connectivity index (χ1v) is 7.64. The Kier molecular flexibility index (Phi) is 3.99. The van der Waals surface area contributed by atoms with Crippen molar-refractivity contribution < 1.29 is 4.79 Å². The topological polar surface area (TPSA) is 52.9 Å². The second-order valence-electron chi connectivity index (χ2n) is 5.98. The molecule has 1 amide bonds. The molecule has 0 fully saturated rings. The van der Waals surface area contributed by atoms with Crippen molar-refractivity contribution >= 4 is 11.6 Å². The van der Waals surface area contributed by atoms with Gasteiger partial charge in [0, 0.05) is 11.6 Å². The summed E-state index contributed by atoms with van der Waals surface area (Å²) in [4.78, 5) is 12.4. The number of aryl methyl sites for hydroxylation is 2. The molecule has 2 atom stereocenters. The number of benzene rings is 2. The van der Waals surface area contributed by atoms with Gasteiger partial charge in [0.2, 0.25) is 5.91 Å². The zero-order valence-corrected chi connectivity index (χ0v) is 13.2. The van der Waals surface area contributed by atoms with Gasteiger partial charge in [-0.25, -0.2) is 0 Å². The van der Waals surface area contributed by atoms with E-state index in [1.165, 1.54) is 5.56 Å². The molecule has 0 saturated carbocycles. The molecule has 0 radical (unpaired) electrons. The fourth-order valence-electron chi connectivity index (χ4n) is 2.81. The van der Waals surface area contributed by atoms with E-state index >= 15 is 0 Å². The van der Waals surface area contributed by atoms with Gasteiger partial charge in [-0.2, -0.15) is 5.26 Å². The zero-order valence-electron chi connectivity index (χ0n) is 13.2. The number of hydrogen-bond acceptors (Lipinski definition) is 2. The van der Waals surface area contributed by atoms with Crippen LogP contribution in [0.3, 0.4) is 0 Å². The van der Waals surface area contributed by atoms with Gasteiger partial charge in [0.05, 0.1) is 6.07 Å². The van der Waals surface area contributed by atoms with Crippen LogP contribution in [0.25, 0.3) is 5.70 Å². The van der Waals surface area contributed by atoms with Crippen LogP contribution in [0, 0.1) is 31.1 Å². The van der Waals surface area contributed by atoms with E-state index in [4.69, 9.17) is 0 Å². The molecule has 0 aliphatic carbocycles. The third-order valence-electron chi connectivity index (χ3n) is 4.21. The maximum absolute atomic E-state index is 12.4. The van der Waals surface area contributed by atoms with Crippen molar-refractivity contribution in [3.63, 3.8) is 0 Å². The number of nitrogens with zero attached hydrogens (tertiary/aromatic N) is 1. The monoisotopic (exact) mass is 302 g/mol. The summed E-state index contributed by atoms with van der Waals surface area (Å²) in [6.07, 6.45) is 1.99. The highest BCUT2D eigenvalue weighted by Crippen LogP contribution is 2.33. The van der Waals surface area contributed by atoms with Gasteiger partial charge in [0.15, 0.2) is 0 Å². The second kappa shape index (κ2) is 6.10. The molecule has 2 aromatic rings. The number of hydrogen-bond donors (Lipinski definition) is 1. The van der Waals surface area contributed by atoms with E-state index in [1.54, 1.807) is 0 Å². The maximum Gasteiger partial charge on any atom is 0.242 e. The van der Waals surface area contributed by atoms with Gasteiger partial charge in [0.25, 0.3) is 0 Å². The highest BCUT2D eigenvalue weighted by Gasteiger charge is 2.33. The van der Waals surface area contributed by atoms with E-state index in [9.17, 15) is 10.1 Å². The molecular formula is C20H18N2O. The van der Waals surface area contributed by atoms with Crippen LogP contribution in [0.5, 0.6) is 0 Å². The Hall–Kier alpha value is -2.86. The van der Waals surface area contributed by atoms with Gasteiger partial charge in [-0.05, 0) is 25.0 Å². The maximum atomic E-state index is 12.4. The minimum Gasteiger partial charge on any atom is -0.325 e. The minimum atomic E-state index is -0.702. The van der Waals surface area contributed by atoms with E-state index in [0.29, 0.717) is 0 Å². The highest BCUT2D eigenvalue weighted by atomic mass is 16.2. The van der Waals surface area contributed by atoms with Crippen LogP contribution in [-0.4, -0.2) is 5.91 Å². The van der Waals surface area contributed by atoms with Crippen molar-refractivity contribution in [1.82, 2.24) is 5.32 Å². The van der Waals surface area contributed by atoms with Crippen LogP contribution in [0.2, 0.25) is 0 Å². The quantitative estimate of drug-likeness (QED) is 0.919. The number of nitrogens with one attached hydrogen (secondary N) is 1. The average molecular weight is 302 g/mol. The third kappa shape index (κ3) is 3.02. The van der Waals surface area contributed by atoms with Gasteiger partial charge in [-0.3, -0.25) is 4.79 Å². The number of nitriles is 1. The number of carbonyl (C=O) groups excluding carboxylic acids is 1. The van der Waals surface area contributed by atoms with E-state index in [1.807, 2.05) is 68.5 Å². The van der Waals surface area contributed by atoms with Crippen LogP contribution in [0.15, 0.2) is 54.6 Å². The van der Waals surface area contributed by atoms with E-state index in [2.05, 4.69) is 11.4 Å². The molecule has 0 saturated heterocycles. The van der Waals surface area contributed by atoms with Gasteiger partial charge >= 0.3 is 0 Å². The summed E-state index contributed by atoms with van der Waals surface area (Å²) in [6.45, 7) is 4.05. The van der Waals surface area contributed by atoms with Crippen LogP contribution >= 0.6 is 0 Å². The SMILES string of the molecule is Cc1ccc(C2=C[C@@H](c3ccc(C)cc3)[C@H](C#N)C(=O)N2)cc1. The molecule has 1 aliphatic heterocycles. The molecule has 114 valence electrons. The first kappa shape index (κ1) is 15.1. The molecule has 3 nitrogen and oxygen atoms in total. The molecule has 23 heavy (non-hydrogen) atoms. The van der Waals surface area contributed by atoms with Crippen LogP contribution in [0.1, 0.15) is 28.2 Å². The molecular weight excluding hydrogens is 284 g/mol. The summed E-state index contributed by atoms with van der Waals surface area (Å²) in [5.41, 5.74) is 5.04. The largest absolute Gasteiger partial charge is 0.325 e. The third-order valence-corrected chi connectivity index (χ3v) is 4.21. The molecule has 3 rings (SSSR count). The first-order chi connectivity index (χ1) is 11.1. The van der Waals surface area contributed by atoms with Crippen LogP contribution in [0.4, 0.5) is 0 Å². The molecule has 1 N–H and O–H groups in total. The molecule has 0 bridgehead atoms. The summed E-state index contributed by atoms with van der Waals surface area (Å²) < 4.78 is 0. The van der Waals surface area contributed by atoms with Crippen molar-refractivity contribution in [3.05, 3.63) is 76.9 Å². The Morgan fingerprint density at radius 2 is 1.52 bits per heavy atom. The lowest BCUT2D eigenvalue weighted by atomic mass is 9.82. The van der Waals surface area contributed by atoms with Crippen molar-refractivity contribution in [2.45, 2.75) is 19.8 Å². The lowest BCUT2D eigenvalue weighted by molar-refractivity contribution is -0.122. The molecule has 0 unspecified atom stereocenters. The number of rotatable bonds is 2. The second-order valence-corrected chi connectivity index (χ2v) is 5.98. The Bertz CT molecular complexity index is 795. The lowest BCUT2D eigenvalue weighted by Gasteiger charge is -2.26. The standard InChI is InChI=1S/C20H18N2O/c1-13-3-7-15(8-4-13)17-11-19(22-20(23)18(17)12-21)16-9-5-14(2)6-10-16/h3-11,17-18H,1-2H3,(H,22,23)/t17-,18-/m0/s1. The summed E-state index contributed by atoms with van der Waals surface area (Å²) in [5, 5.41) is 12.3. The highest BCUT2D eigenvalue weighted by molar-refractivity contribution is 5.93. The number of amides is 1.